The summed E-state index contributed by atoms with van der Waals surface area (Å²) in [6.45, 7) is -0.222. The summed E-state index contributed by atoms with van der Waals surface area (Å²) in [5.74, 6) is -0.513. The zero-order valence-corrected chi connectivity index (χ0v) is 15.6. The number of Topliss-reactive ketones (excluding diaryl/α,β-unsaturated/α-hetero) is 1. The fourth-order valence-electron chi connectivity index (χ4n) is 3.22. The first-order valence-electron chi connectivity index (χ1n) is 7.55. The van der Waals surface area contributed by atoms with Crippen molar-refractivity contribution in [2.75, 3.05) is 6.54 Å². The Balaban J connectivity index is 1.76. The van der Waals surface area contributed by atoms with Crippen molar-refractivity contribution in [1.29, 1.82) is 0 Å². The van der Waals surface area contributed by atoms with E-state index in [1.54, 1.807) is 18.2 Å². The normalized spacial score (nSPS) is 20.0. The van der Waals surface area contributed by atoms with Gasteiger partial charge in [0.2, 0.25) is 0 Å². The summed E-state index contributed by atoms with van der Waals surface area (Å²) in [4.78, 5) is 38.3. The lowest BCUT2D eigenvalue weighted by atomic mass is 9.82. The summed E-state index contributed by atoms with van der Waals surface area (Å²) in [5, 5.41) is 2.81. The molecular weight excluding hydrogens is 428 g/mol. The molecule has 0 radical (unpaired) electrons. The van der Waals surface area contributed by atoms with Crippen LogP contribution in [0, 0.1) is 0 Å². The SMILES string of the molecule is O=C(CN1C(=O)NC2(CCCCC2)C1=O)c1ccc(Br)c(Br)c1. The maximum absolute atomic E-state index is 12.7. The van der Waals surface area contributed by atoms with E-state index in [9.17, 15) is 14.4 Å². The van der Waals surface area contributed by atoms with E-state index in [4.69, 9.17) is 0 Å². The predicted molar refractivity (Wildman–Crippen MR) is 92.2 cm³/mol. The molecular formula is C16H16Br2N2O3. The van der Waals surface area contributed by atoms with Gasteiger partial charge in [0.05, 0.1) is 6.54 Å². The number of urea groups is 1. The number of imide groups is 1. The van der Waals surface area contributed by atoms with Gasteiger partial charge in [0.1, 0.15) is 5.54 Å². The van der Waals surface area contributed by atoms with Crippen molar-refractivity contribution in [2.24, 2.45) is 0 Å². The number of hydrogen-bond donors (Lipinski definition) is 1. The molecule has 1 aromatic rings. The number of amides is 3. The molecule has 2 aliphatic rings. The molecule has 2 fully saturated rings. The molecule has 3 rings (SSSR count). The molecule has 0 atom stereocenters. The maximum Gasteiger partial charge on any atom is 0.325 e. The quantitative estimate of drug-likeness (QED) is 0.572. The molecule has 1 spiro atoms. The van der Waals surface area contributed by atoms with Crippen LogP contribution in [0.15, 0.2) is 27.1 Å². The number of nitrogens with one attached hydrogen (secondary N) is 1. The van der Waals surface area contributed by atoms with Crippen LogP contribution in [-0.2, 0) is 4.79 Å². The lowest BCUT2D eigenvalue weighted by molar-refractivity contribution is -0.132. The van der Waals surface area contributed by atoms with Crippen LogP contribution < -0.4 is 5.32 Å². The summed E-state index contributed by atoms with van der Waals surface area (Å²) < 4.78 is 1.59. The van der Waals surface area contributed by atoms with Crippen molar-refractivity contribution in [3.05, 3.63) is 32.7 Å². The van der Waals surface area contributed by atoms with Crippen molar-refractivity contribution in [1.82, 2.24) is 10.2 Å². The molecule has 1 N–H and O–H groups in total. The van der Waals surface area contributed by atoms with Gasteiger partial charge >= 0.3 is 6.03 Å². The highest BCUT2D eigenvalue weighted by Gasteiger charge is 2.51. The first-order chi connectivity index (χ1) is 10.9. The van der Waals surface area contributed by atoms with Gasteiger partial charge in [0.15, 0.2) is 5.78 Å². The second-order valence-electron chi connectivity index (χ2n) is 6.02. The van der Waals surface area contributed by atoms with Crippen LogP contribution in [0.1, 0.15) is 42.5 Å². The first kappa shape index (κ1) is 16.6. The minimum absolute atomic E-state index is 0.222. The lowest BCUT2D eigenvalue weighted by Gasteiger charge is -2.30. The predicted octanol–water partition coefficient (Wildman–Crippen LogP) is 3.65. The third-order valence-corrected chi connectivity index (χ3v) is 6.38. The Labute approximate surface area is 151 Å². The van der Waals surface area contributed by atoms with E-state index in [1.807, 2.05) is 0 Å². The molecule has 1 aromatic carbocycles. The van der Waals surface area contributed by atoms with Gasteiger partial charge in [-0.25, -0.2) is 4.79 Å². The van der Waals surface area contributed by atoms with E-state index in [2.05, 4.69) is 37.2 Å². The maximum atomic E-state index is 12.7. The minimum Gasteiger partial charge on any atom is -0.323 e. The molecule has 0 aromatic heterocycles. The number of hydrogen-bond acceptors (Lipinski definition) is 3. The molecule has 1 heterocycles. The van der Waals surface area contributed by atoms with Gasteiger partial charge in [-0.05, 0) is 56.8 Å². The molecule has 122 valence electrons. The average Bonchev–Trinajstić information content (AvgIpc) is 2.75. The number of carbonyl (C=O) groups excluding carboxylic acids is 3. The Morgan fingerprint density at radius 3 is 2.48 bits per heavy atom. The smallest absolute Gasteiger partial charge is 0.323 e. The zero-order valence-electron chi connectivity index (χ0n) is 12.4. The second kappa shape index (κ2) is 6.36. The zero-order chi connectivity index (χ0) is 16.6. The van der Waals surface area contributed by atoms with Gasteiger partial charge in [0, 0.05) is 14.5 Å². The van der Waals surface area contributed by atoms with Crippen molar-refractivity contribution in [2.45, 2.75) is 37.6 Å². The molecule has 0 unspecified atom stereocenters. The van der Waals surface area contributed by atoms with Crippen molar-refractivity contribution >= 4 is 49.6 Å². The summed E-state index contributed by atoms with van der Waals surface area (Å²) in [7, 11) is 0. The topological polar surface area (TPSA) is 66.5 Å². The van der Waals surface area contributed by atoms with Crippen molar-refractivity contribution < 1.29 is 14.4 Å². The van der Waals surface area contributed by atoms with Crippen LogP contribution in [0.25, 0.3) is 0 Å². The number of nitrogens with zero attached hydrogens (tertiary/aromatic N) is 1. The Morgan fingerprint density at radius 1 is 1.13 bits per heavy atom. The Hall–Kier alpha value is -1.21. The van der Waals surface area contributed by atoms with Crippen molar-refractivity contribution in [3.8, 4) is 0 Å². The largest absolute Gasteiger partial charge is 0.325 e. The second-order valence-corrected chi connectivity index (χ2v) is 7.72. The Bertz CT molecular complexity index is 684. The number of carbonyl (C=O) groups is 3. The summed E-state index contributed by atoms with van der Waals surface area (Å²) in [6.07, 6.45) is 4.25. The summed E-state index contributed by atoms with van der Waals surface area (Å²) in [5.41, 5.74) is -0.319. The fraction of sp³-hybridized carbons (Fsp3) is 0.438. The van der Waals surface area contributed by atoms with Crippen LogP contribution >= 0.6 is 31.9 Å². The van der Waals surface area contributed by atoms with Gasteiger partial charge in [-0.2, -0.15) is 0 Å². The van der Waals surface area contributed by atoms with Crippen LogP contribution in [0.2, 0.25) is 0 Å². The van der Waals surface area contributed by atoms with Gasteiger partial charge in [0.25, 0.3) is 5.91 Å². The number of halogens is 2. The molecule has 5 nitrogen and oxygen atoms in total. The van der Waals surface area contributed by atoms with E-state index in [1.165, 1.54) is 0 Å². The van der Waals surface area contributed by atoms with Gasteiger partial charge in [-0.15, -0.1) is 0 Å². The molecule has 0 bridgehead atoms. The van der Waals surface area contributed by atoms with Crippen LogP contribution in [-0.4, -0.2) is 34.7 Å². The highest BCUT2D eigenvalue weighted by atomic mass is 79.9. The molecule has 23 heavy (non-hydrogen) atoms. The number of rotatable bonds is 3. The Morgan fingerprint density at radius 2 is 1.83 bits per heavy atom. The monoisotopic (exact) mass is 442 g/mol. The lowest BCUT2D eigenvalue weighted by Crippen LogP contribution is -2.48. The Kier molecular flexibility index (Phi) is 4.60. The fourth-order valence-corrected chi connectivity index (χ4v) is 3.84. The van der Waals surface area contributed by atoms with Crippen LogP contribution in [0.4, 0.5) is 4.79 Å². The highest BCUT2D eigenvalue weighted by molar-refractivity contribution is 9.13. The molecule has 3 amide bonds. The standard InChI is InChI=1S/C16H16Br2N2O3/c17-11-5-4-10(8-12(11)18)13(21)9-20-14(22)16(19-15(20)23)6-2-1-3-7-16/h4-5,8H,1-3,6-7,9H2,(H,19,23). The van der Waals surface area contributed by atoms with E-state index in [-0.39, 0.29) is 18.2 Å². The van der Waals surface area contributed by atoms with Crippen LogP contribution in [0.5, 0.6) is 0 Å². The van der Waals surface area contributed by atoms with E-state index in [0.29, 0.717) is 18.4 Å². The van der Waals surface area contributed by atoms with Crippen molar-refractivity contribution in [3.63, 3.8) is 0 Å². The molecule has 1 saturated heterocycles. The highest BCUT2D eigenvalue weighted by Crippen LogP contribution is 2.33. The first-order valence-corrected chi connectivity index (χ1v) is 9.14. The van der Waals surface area contributed by atoms with Gasteiger partial charge in [-0.3, -0.25) is 14.5 Å². The van der Waals surface area contributed by atoms with Gasteiger partial charge < -0.3 is 5.32 Å². The molecule has 1 aliphatic carbocycles. The van der Waals surface area contributed by atoms with Gasteiger partial charge in [-0.1, -0.05) is 25.3 Å². The minimum atomic E-state index is -0.782. The van der Waals surface area contributed by atoms with E-state index >= 15 is 0 Å². The molecule has 1 aliphatic heterocycles. The van der Waals surface area contributed by atoms with E-state index < -0.39 is 11.6 Å². The number of benzene rings is 1. The summed E-state index contributed by atoms with van der Waals surface area (Å²) >= 11 is 6.70. The molecule has 1 saturated carbocycles. The third kappa shape index (κ3) is 3.08. The van der Waals surface area contributed by atoms with Crippen LogP contribution in [0.3, 0.4) is 0 Å². The average molecular weight is 444 g/mol. The number of ketones is 1. The molecule has 7 heteroatoms. The third-order valence-electron chi connectivity index (χ3n) is 4.50. The summed E-state index contributed by atoms with van der Waals surface area (Å²) in [6, 6.07) is 4.65. The van der Waals surface area contributed by atoms with E-state index in [0.717, 1.165) is 33.1 Å².